The van der Waals surface area contributed by atoms with Crippen molar-refractivity contribution in [2.45, 2.75) is 32.4 Å². The summed E-state index contributed by atoms with van der Waals surface area (Å²) < 4.78 is 1.88. The van der Waals surface area contributed by atoms with Gasteiger partial charge in [-0.25, -0.2) is 0 Å². The van der Waals surface area contributed by atoms with Crippen molar-refractivity contribution in [1.29, 1.82) is 0 Å². The lowest BCUT2D eigenvalue weighted by molar-refractivity contribution is -0.119. The SMILES string of the molecule is CC1CCNC(C(=O)Nc2ccc(Cn3cccn3)cc2)C1. The van der Waals surface area contributed by atoms with Gasteiger partial charge in [-0.3, -0.25) is 9.48 Å². The Morgan fingerprint density at radius 3 is 2.91 bits per heavy atom. The normalized spacial score (nSPS) is 21.5. The summed E-state index contributed by atoms with van der Waals surface area (Å²) in [5.74, 6) is 0.667. The first-order chi connectivity index (χ1) is 10.7. The number of amides is 1. The molecule has 1 amide bonds. The fourth-order valence-electron chi connectivity index (χ4n) is 2.81. The molecule has 0 radical (unpaired) electrons. The highest BCUT2D eigenvalue weighted by atomic mass is 16.2. The lowest BCUT2D eigenvalue weighted by Crippen LogP contribution is -2.45. The molecule has 2 atom stereocenters. The number of rotatable bonds is 4. The minimum Gasteiger partial charge on any atom is -0.325 e. The van der Waals surface area contributed by atoms with Gasteiger partial charge in [-0.1, -0.05) is 19.1 Å². The first-order valence-electron chi connectivity index (χ1n) is 7.81. The molecule has 2 aromatic rings. The molecule has 1 saturated heterocycles. The predicted molar refractivity (Wildman–Crippen MR) is 86.6 cm³/mol. The van der Waals surface area contributed by atoms with Crippen molar-refractivity contribution >= 4 is 11.6 Å². The van der Waals surface area contributed by atoms with Crippen molar-refractivity contribution in [3.8, 4) is 0 Å². The molecule has 3 rings (SSSR count). The van der Waals surface area contributed by atoms with Crippen LogP contribution < -0.4 is 10.6 Å². The third-order valence-electron chi connectivity index (χ3n) is 4.11. The first kappa shape index (κ1) is 14.8. The van der Waals surface area contributed by atoms with Crippen LogP contribution in [0.15, 0.2) is 42.7 Å². The molecule has 5 nitrogen and oxygen atoms in total. The molecule has 0 aliphatic carbocycles. The number of carbonyl (C=O) groups excluding carboxylic acids is 1. The number of hydrogen-bond acceptors (Lipinski definition) is 3. The van der Waals surface area contributed by atoms with E-state index >= 15 is 0 Å². The molecule has 1 aromatic heterocycles. The molecule has 116 valence electrons. The van der Waals surface area contributed by atoms with Crippen LogP contribution in [0, 0.1) is 5.92 Å². The van der Waals surface area contributed by atoms with E-state index in [9.17, 15) is 4.79 Å². The Morgan fingerprint density at radius 1 is 1.41 bits per heavy atom. The molecular weight excluding hydrogens is 276 g/mol. The average Bonchev–Trinajstić information content (AvgIpc) is 3.02. The van der Waals surface area contributed by atoms with E-state index in [1.54, 1.807) is 6.20 Å². The maximum Gasteiger partial charge on any atom is 0.241 e. The summed E-state index contributed by atoms with van der Waals surface area (Å²) in [7, 11) is 0. The third-order valence-corrected chi connectivity index (χ3v) is 4.11. The zero-order valence-corrected chi connectivity index (χ0v) is 12.8. The number of nitrogens with one attached hydrogen (secondary N) is 2. The standard InChI is InChI=1S/C17H22N4O/c1-13-7-9-18-16(11-13)17(22)20-15-5-3-14(4-6-15)12-21-10-2-8-19-21/h2-6,8,10,13,16,18H,7,9,11-12H2,1H3,(H,20,22). The maximum atomic E-state index is 12.3. The Hall–Kier alpha value is -2.14. The second-order valence-electron chi connectivity index (χ2n) is 6.03. The Labute approximate surface area is 130 Å². The fourth-order valence-corrected chi connectivity index (χ4v) is 2.81. The van der Waals surface area contributed by atoms with Gasteiger partial charge in [0.25, 0.3) is 0 Å². The first-order valence-corrected chi connectivity index (χ1v) is 7.81. The van der Waals surface area contributed by atoms with Gasteiger partial charge in [0.1, 0.15) is 0 Å². The second-order valence-corrected chi connectivity index (χ2v) is 6.03. The molecule has 1 aliphatic heterocycles. The van der Waals surface area contributed by atoms with Crippen molar-refractivity contribution in [2.75, 3.05) is 11.9 Å². The van der Waals surface area contributed by atoms with Crippen LogP contribution in [0.5, 0.6) is 0 Å². The second kappa shape index (κ2) is 6.75. The van der Waals surface area contributed by atoms with E-state index in [1.807, 2.05) is 41.2 Å². The highest BCUT2D eigenvalue weighted by molar-refractivity contribution is 5.94. The molecule has 5 heteroatoms. The summed E-state index contributed by atoms with van der Waals surface area (Å²) >= 11 is 0. The number of aromatic nitrogens is 2. The van der Waals surface area contributed by atoms with E-state index in [0.29, 0.717) is 5.92 Å². The van der Waals surface area contributed by atoms with Gasteiger partial charge in [-0.2, -0.15) is 5.10 Å². The molecule has 2 heterocycles. The van der Waals surface area contributed by atoms with Crippen molar-refractivity contribution in [2.24, 2.45) is 5.92 Å². The van der Waals surface area contributed by atoms with E-state index in [2.05, 4.69) is 22.7 Å². The fraction of sp³-hybridized carbons (Fsp3) is 0.412. The molecule has 1 fully saturated rings. The summed E-state index contributed by atoms with van der Waals surface area (Å²) in [6, 6.07) is 9.77. The van der Waals surface area contributed by atoms with E-state index in [-0.39, 0.29) is 11.9 Å². The zero-order chi connectivity index (χ0) is 15.4. The zero-order valence-electron chi connectivity index (χ0n) is 12.8. The van der Waals surface area contributed by atoms with Crippen LogP contribution in [-0.4, -0.2) is 28.3 Å². The molecule has 1 aromatic carbocycles. The molecule has 1 aliphatic rings. The summed E-state index contributed by atoms with van der Waals surface area (Å²) in [6.07, 6.45) is 5.76. The van der Waals surface area contributed by atoms with Gasteiger partial charge in [0.05, 0.1) is 12.6 Å². The summed E-state index contributed by atoms with van der Waals surface area (Å²) in [6.45, 7) is 3.86. The van der Waals surface area contributed by atoms with Gasteiger partial charge in [-0.05, 0) is 49.1 Å². The Morgan fingerprint density at radius 2 is 2.23 bits per heavy atom. The summed E-state index contributed by atoms with van der Waals surface area (Å²) in [5.41, 5.74) is 2.00. The number of piperidine rings is 1. The van der Waals surface area contributed by atoms with Crippen LogP contribution in [0.3, 0.4) is 0 Å². The van der Waals surface area contributed by atoms with Crippen LogP contribution >= 0.6 is 0 Å². The maximum absolute atomic E-state index is 12.3. The average molecular weight is 298 g/mol. The molecule has 0 bridgehead atoms. The Bertz CT molecular complexity index is 606. The Balaban J connectivity index is 1.57. The number of benzene rings is 1. The van der Waals surface area contributed by atoms with Crippen molar-refractivity contribution in [3.05, 3.63) is 48.3 Å². The number of anilines is 1. The molecule has 2 N–H and O–H groups in total. The van der Waals surface area contributed by atoms with Gasteiger partial charge in [0.2, 0.25) is 5.91 Å². The van der Waals surface area contributed by atoms with Crippen molar-refractivity contribution in [1.82, 2.24) is 15.1 Å². The van der Waals surface area contributed by atoms with Crippen LogP contribution in [-0.2, 0) is 11.3 Å². The van der Waals surface area contributed by atoms with Gasteiger partial charge in [-0.15, -0.1) is 0 Å². The van der Waals surface area contributed by atoms with E-state index < -0.39 is 0 Å². The monoisotopic (exact) mass is 298 g/mol. The van der Waals surface area contributed by atoms with Crippen LogP contribution in [0.2, 0.25) is 0 Å². The number of hydrogen-bond donors (Lipinski definition) is 2. The van der Waals surface area contributed by atoms with Crippen LogP contribution in [0.4, 0.5) is 5.69 Å². The highest BCUT2D eigenvalue weighted by Crippen LogP contribution is 2.17. The van der Waals surface area contributed by atoms with Crippen LogP contribution in [0.25, 0.3) is 0 Å². The topological polar surface area (TPSA) is 59.0 Å². The van der Waals surface area contributed by atoms with Crippen LogP contribution in [0.1, 0.15) is 25.3 Å². The van der Waals surface area contributed by atoms with Crippen molar-refractivity contribution in [3.63, 3.8) is 0 Å². The highest BCUT2D eigenvalue weighted by Gasteiger charge is 2.24. The molecule has 0 saturated carbocycles. The van der Waals surface area contributed by atoms with Gasteiger partial charge < -0.3 is 10.6 Å². The minimum absolute atomic E-state index is 0.0615. The van der Waals surface area contributed by atoms with E-state index in [0.717, 1.165) is 37.2 Å². The molecular formula is C17H22N4O. The largest absolute Gasteiger partial charge is 0.325 e. The smallest absolute Gasteiger partial charge is 0.241 e. The molecule has 0 spiro atoms. The van der Waals surface area contributed by atoms with Gasteiger partial charge in [0, 0.05) is 18.1 Å². The minimum atomic E-state index is -0.0764. The van der Waals surface area contributed by atoms with Gasteiger partial charge >= 0.3 is 0 Å². The number of nitrogens with zero attached hydrogens (tertiary/aromatic N) is 2. The quantitative estimate of drug-likeness (QED) is 0.910. The van der Waals surface area contributed by atoms with E-state index in [1.165, 1.54) is 0 Å². The lowest BCUT2D eigenvalue weighted by atomic mass is 9.94. The van der Waals surface area contributed by atoms with E-state index in [4.69, 9.17) is 0 Å². The predicted octanol–water partition coefficient (Wildman–Crippen LogP) is 2.26. The molecule has 22 heavy (non-hydrogen) atoms. The van der Waals surface area contributed by atoms with Crippen molar-refractivity contribution < 1.29 is 4.79 Å². The molecule has 2 unspecified atom stereocenters. The summed E-state index contributed by atoms with van der Waals surface area (Å²) in [5, 5.41) is 10.5. The Kier molecular flexibility index (Phi) is 4.53. The third kappa shape index (κ3) is 3.74. The van der Waals surface area contributed by atoms with Gasteiger partial charge in [0.15, 0.2) is 0 Å². The lowest BCUT2D eigenvalue weighted by Gasteiger charge is -2.27. The summed E-state index contributed by atoms with van der Waals surface area (Å²) in [4.78, 5) is 12.3. The number of carbonyl (C=O) groups is 1.